The number of H-pyrrole nitrogens is 1. The van der Waals surface area contributed by atoms with Crippen molar-refractivity contribution in [2.24, 2.45) is 5.10 Å². The molecular formula is C30H21ClN4O5. The van der Waals surface area contributed by atoms with Crippen molar-refractivity contribution >= 4 is 46.3 Å². The molecule has 0 unspecified atom stereocenters. The molecular weight excluding hydrogens is 532 g/mol. The van der Waals surface area contributed by atoms with E-state index in [9.17, 15) is 19.7 Å². The molecule has 0 aliphatic carbocycles. The number of nitro benzene ring substituents is 1. The van der Waals surface area contributed by atoms with Crippen LogP contribution in [0, 0.1) is 17.0 Å². The number of carbonyl (C=O) groups is 2. The number of para-hydroxylation sites is 2. The van der Waals surface area contributed by atoms with Gasteiger partial charge in [0.1, 0.15) is 11.4 Å². The van der Waals surface area contributed by atoms with Gasteiger partial charge in [-0.3, -0.25) is 14.9 Å². The Kier molecular flexibility index (Phi) is 7.39. The van der Waals surface area contributed by atoms with Gasteiger partial charge >= 0.3 is 5.97 Å². The van der Waals surface area contributed by atoms with Crippen LogP contribution in [0.2, 0.25) is 5.02 Å². The number of benzene rings is 4. The van der Waals surface area contributed by atoms with Gasteiger partial charge in [-0.25, -0.2) is 10.2 Å². The van der Waals surface area contributed by atoms with E-state index in [1.807, 2.05) is 43.3 Å². The number of fused-ring (bicyclic) bond motifs is 1. The first kappa shape index (κ1) is 26.3. The fraction of sp³-hybridized carbons (Fsp3) is 0.0333. The third-order valence-corrected chi connectivity index (χ3v) is 6.55. The fourth-order valence-corrected chi connectivity index (χ4v) is 4.48. The number of hydrazone groups is 1. The summed E-state index contributed by atoms with van der Waals surface area (Å²) < 4.78 is 5.48. The molecule has 40 heavy (non-hydrogen) atoms. The summed E-state index contributed by atoms with van der Waals surface area (Å²) in [6.45, 7) is 1.95. The molecule has 198 valence electrons. The van der Waals surface area contributed by atoms with Gasteiger partial charge in [0.25, 0.3) is 11.6 Å². The van der Waals surface area contributed by atoms with Gasteiger partial charge in [0.2, 0.25) is 0 Å². The number of aromatic nitrogens is 1. The number of aryl methyl sites for hydroxylation is 1. The second-order valence-electron chi connectivity index (χ2n) is 8.78. The van der Waals surface area contributed by atoms with Crippen molar-refractivity contribution in [3.05, 3.63) is 129 Å². The first-order valence-corrected chi connectivity index (χ1v) is 12.5. The van der Waals surface area contributed by atoms with Crippen molar-refractivity contribution in [2.45, 2.75) is 6.92 Å². The molecule has 0 radical (unpaired) electrons. The lowest BCUT2D eigenvalue weighted by Crippen LogP contribution is -2.19. The summed E-state index contributed by atoms with van der Waals surface area (Å²) in [6.07, 6.45) is 1.36. The van der Waals surface area contributed by atoms with Gasteiger partial charge in [-0.1, -0.05) is 60.1 Å². The molecule has 0 atom stereocenters. The van der Waals surface area contributed by atoms with Crippen LogP contribution in [0.25, 0.3) is 22.0 Å². The third-order valence-electron chi connectivity index (χ3n) is 6.22. The summed E-state index contributed by atoms with van der Waals surface area (Å²) in [6, 6.07) is 24.8. The number of non-ortho nitro benzene ring substituents is 1. The lowest BCUT2D eigenvalue weighted by Gasteiger charge is -2.08. The molecule has 1 aromatic heterocycles. The third kappa shape index (κ3) is 5.31. The predicted molar refractivity (Wildman–Crippen MR) is 153 cm³/mol. The number of nitrogens with one attached hydrogen (secondary N) is 2. The highest BCUT2D eigenvalue weighted by Crippen LogP contribution is 2.37. The van der Waals surface area contributed by atoms with E-state index in [0.29, 0.717) is 27.4 Å². The van der Waals surface area contributed by atoms with E-state index in [1.165, 1.54) is 30.5 Å². The average molecular weight is 553 g/mol. The molecule has 0 bridgehead atoms. The average Bonchev–Trinajstić information content (AvgIpc) is 3.35. The molecule has 0 saturated carbocycles. The molecule has 5 rings (SSSR count). The van der Waals surface area contributed by atoms with E-state index in [0.717, 1.165) is 16.5 Å². The molecule has 10 heteroatoms. The van der Waals surface area contributed by atoms with Gasteiger partial charge < -0.3 is 9.72 Å². The number of nitro groups is 1. The van der Waals surface area contributed by atoms with Gasteiger partial charge in [0.15, 0.2) is 0 Å². The highest BCUT2D eigenvalue weighted by atomic mass is 35.5. The Morgan fingerprint density at radius 1 is 0.975 bits per heavy atom. The summed E-state index contributed by atoms with van der Waals surface area (Å²) in [5.74, 6) is -0.985. The number of carbonyl (C=O) groups excluding carboxylic acids is 2. The molecule has 4 aromatic carbocycles. The zero-order valence-electron chi connectivity index (χ0n) is 21.1. The molecule has 0 fully saturated rings. The number of amides is 1. The predicted octanol–water partition coefficient (Wildman–Crippen LogP) is 6.69. The largest absolute Gasteiger partial charge is 0.422 e. The molecule has 0 aliphatic rings. The number of esters is 1. The summed E-state index contributed by atoms with van der Waals surface area (Å²) >= 11 is 6.50. The molecule has 0 saturated heterocycles. The quantitative estimate of drug-likeness (QED) is 0.0764. The van der Waals surface area contributed by atoms with Crippen LogP contribution in [-0.2, 0) is 0 Å². The minimum Gasteiger partial charge on any atom is -0.422 e. The lowest BCUT2D eigenvalue weighted by molar-refractivity contribution is -0.384. The van der Waals surface area contributed by atoms with E-state index in [4.69, 9.17) is 16.3 Å². The van der Waals surface area contributed by atoms with Crippen LogP contribution < -0.4 is 10.2 Å². The Labute approximate surface area is 233 Å². The number of aromatic amines is 1. The highest BCUT2D eigenvalue weighted by molar-refractivity contribution is 6.34. The van der Waals surface area contributed by atoms with Crippen LogP contribution >= 0.6 is 11.6 Å². The Bertz CT molecular complexity index is 1790. The summed E-state index contributed by atoms with van der Waals surface area (Å²) in [4.78, 5) is 39.4. The monoisotopic (exact) mass is 552 g/mol. The number of rotatable bonds is 7. The second kappa shape index (κ2) is 11.2. The van der Waals surface area contributed by atoms with Gasteiger partial charge in [-0.15, -0.1) is 0 Å². The number of nitrogens with zero attached hydrogens (tertiary/aromatic N) is 2. The van der Waals surface area contributed by atoms with E-state index in [2.05, 4.69) is 15.5 Å². The minimum absolute atomic E-state index is 0.136. The maximum Gasteiger partial charge on any atom is 0.343 e. The maximum atomic E-state index is 13.3. The first-order valence-electron chi connectivity index (χ1n) is 12.1. The van der Waals surface area contributed by atoms with Crippen LogP contribution in [0.1, 0.15) is 32.0 Å². The maximum absolute atomic E-state index is 13.3. The number of ether oxygens (including phenoxy) is 1. The Balaban J connectivity index is 1.39. The van der Waals surface area contributed by atoms with Crippen molar-refractivity contribution in [1.82, 2.24) is 10.4 Å². The minimum atomic E-state index is -0.697. The first-order chi connectivity index (χ1) is 19.3. The normalized spacial score (nSPS) is 11.1. The standard InChI is InChI=1S/C30H21ClN4O5/c1-18-7-6-10-23-26(22-9-3-4-11-24(22)31)28(33-27(18)23)29(36)34-32-17-20-8-2-5-12-25(20)40-30(37)19-13-15-21(16-14-19)35(38)39/h2-17,33H,1H3,(H,34,36). The highest BCUT2D eigenvalue weighted by Gasteiger charge is 2.21. The van der Waals surface area contributed by atoms with E-state index in [-0.39, 0.29) is 17.0 Å². The Morgan fingerprint density at radius 2 is 1.70 bits per heavy atom. The molecule has 0 spiro atoms. The molecule has 2 N–H and O–H groups in total. The SMILES string of the molecule is Cc1cccc2c(-c3ccccc3Cl)c(C(=O)NN=Cc3ccccc3OC(=O)c3ccc([N+](=O)[O-])cc3)[nH]c12. The summed E-state index contributed by atoms with van der Waals surface area (Å²) in [7, 11) is 0. The lowest BCUT2D eigenvalue weighted by atomic mass is 10.0. The topological polar surface area (TPSA) is 127 Å². The Hall–Kier alpha value is -5.28. The van der Waals surface area contributed by atoms with Gasteiger partial charge in [-0.05, 0) is 42.8 Å². The van der Waals surface area contributed by atoms with Crippen LogP contribution in [0.3, 0.4) is 0 Å². The van der Waals surface area contributed by atoms with Crippen molar-refractivity contribution in [3.8, 4) is 16.9 Å². The van der Waals surface area contributed by atoms with Gasteiger partial charge in [-0.2, -0.15) is 5.10 Å². The van der Waals surface area contributed by atoms with Gasteiger partial charge in [0.05, 0.1) is 16.7 Å². The van der Waals surface area contributed by atoms with Crippen molar-refractivity contribution in [1.29, 1.82) is 0 Å². The number of hydrogen-bond acceptors (Lipinski definition) is 6. The second-order valence-corrected chi connectivity index (χ2v) is 9.19. The molecule has 0 aliphatic heterocycles. The van der Waals surface area contributed by atoms with E-state index >= 15 is 0 Å². The summed E-state index contributed by atoms with van der Waals surface area (Å²) in [5.41, 5.74) is 6.43. The Morgan fingerprint density at radius 3 is 2.45 bits per heavy atom. The summed E-state index contributed by atoms with van der Waals surface area (Å²) in [5, 5.41) is 16.3. The van der Waals surface area contributed by atoms with Gasteiger partial charge in [0, 0.05) is 44.7 Å². The van der Waals surface area contributed by atoms with Crippen molar-refractivity contribution < 1.29 is 19.2 Å². The van der Waals surface area contributed by atoms with E-state index in [1.54, 1.807) is 30.3 Å². The molecule has 1 amide bonds. The van der Waals surface area contributed by atoms with Crippen LogP contribution in [0.15, 0.2) is 96.1 Å². The zero-order chi connectivity index (χ0) is 28.2. The van der Waals surface area contributed by atoms with Crippen LogP contribution in [-0.4, -0.2) is 28.0 Å². The van der Waals surface area contributed by atoms with Crippen LogP contribution in [0.5, 0.6) is 5.75 Å². The smallest absolute Gasteiger partial charge is 0.343 e. The van der Waals surface area contributed by atoms with E-state index < -0.39 is 16.8 Å². The van der Waals surface area contributed by atoms with Crippen LogP contribution in [0.4, 0.5) is 5.69 Å². The molecule has 5 aromatic rings. The van der Waals surface area contributed by atoms with Crippen molar-refractivity contribution in [2.75, 3.05) is 0 Å². The number of halogens is 1. The fourth-order valence-electron chi connectivity index (χ4n) is 4.25. The van der Waals surface area contributed by atoms with Crippen molar-refractivity contribution in [3.63, 3.8) is 0 Å². The molecule has 1 heterocycles. The molecule has 9 nitrogen and oxygen atoms in total. The number of hydrogen-bond donors (Lipinski definition) is 2. The zero-order valence-corrected chi connectivity index (χ0v) is 21.8.